The minimum Gasteiger partial charge on any atom is -0.412 e. The van der Waals surface area contributed by atoms with Gasteiger partial charge >= 0.3 is 10.4 Å². The molecule has 0 aromatic heterocycles. The molecular weight excluding hydrogens is 257 g/mol. The smallest absolute Gasteiger partial charge is 0.394 e. The van der Waals surface area contributed by atoms with E-state index in [4.69, 9.17) is 17.5 Å². The molecule has 6 nitrogen and oxygen atoms in total. The summed E-state index contributed by atoms with van der Waals surface area (Å²) in [6.45, 7) is 0. The fourth-order valence-corrected chi connectivity index (χ4v) is 0. The molecule has 0 aromatic rings. The molecule has 9 heavy (non-hydrogen) atoms. The first kappa shape index (κ1) is 32.6. The summed E-state index contributed by atoms with van der Waals surface area (Å²) in [6, 6.07) is 0. The van der Waals surface area contributed by atoms with Crippen LogP contribution in [0.2, 0.25) is 0 Å². The second-order valence-corrected chi connectivity index (χ2v) is 1.34. The average molecular weight is 263 g/mol. The summed E-state index contributed by atoms with van der Waals surface area (Å²) in [7, 11) is -4.67. The van der Waals surface area contributed by atoms with Gasteiger partial charge in [0.25, 0.3) is 0 Å². The Morgan fingerprint density at radius 2 is 1.00 bits per heavy atom. The van der Waals surface area contributed by atoms with E-state index in [1.165, 1.54) is 0 Å². The summed E-state index contributed by atoms with van der Waals surface area (Å²) < 4.78 is 31.6. The van der Waals surface area contributed by atoms with Crippen LogP contribution in [0.4, 0.5) is 0 Å². The van der Waals surface area contributed by atoms with Gasteiger partial charge in [0.15, 0.2) is 0 Å². The molecule has 0 aliphatic rings. The number of hydrogen-bond donors (Lipinski definition) is 2. The van der Waals surface area contributed by atoms with Crippen molar-refractivity contribution in [1.82, 2.24) is 0 Å². The Morgan fingerprint density at radius 3 is 1.00 bits per heavy atom. The van der Waals surface area contributed by atoms with Gasteiger partial charge in [-0.2, -0.15) is 8.42 Å². The van der Waals surface area contributed by atoms with Crippen LogP contribution in [-0.4, -0.2) is 28.5 Å². The van der Waals surface area contributed by atoms with Crippen LogP contribution >= 0.6 is 0 Å². The molecular formula is H6CuO6SZn. The zero-order chi connectivity index (χ0) is 4.50. The first-order chi connectivity index (χ1) is 2.00. The maximum absolute atomic E-state index is 8.74. The van der Waals surface area contributed by atoms with Crippen LogP contribution in [0.15, 0.2) is 0 Å². The third-order valence-electron chi connectivity index (χ3n) is 0. The molecule has 0 aliphatic carbocycles. The van der Waals surface area contributed by atoms with E-state index in [0.717, 1.165) is 0 Å². The van der Waals surface area contributed by atoms with Crippen molar-refractivity contribution in [3.63, 3.8) is 0 Å². The molecule has 0 bridgehead atoms. The van der Waals surface area contributed by atoms with Crippen molar-refractivity contribution in [2.75, 3.05) is 0 Å². The van der Waals surface area contributed by atoms with E-state index in [-0.39, 0.29) is 47.5 Å². The van der Waals surface area contributed by atoms with E-state index < -0.39 is 10.4 Å². The molecule has 0 aliphatic heterocycles. The van der Waals surface area contributed by atoms with Gasteiger partial charge in [0.2, 0.25) is 0 Å². The molecule has 0 saturated heterocycles. The van der Waals surface area contributed by atoms with Crippen molar-refractivity contribution < 1.29 is 65.0 Å². The summed E-state index contributed by atoms with van der Waals surface area (Å²) in [6.07, 6.45) is 0. The Kier molecular flexibility index (Phi) is 42.3. The number of rotatable bonds is 0. The van der Waals surface area contributed by atoms with Crippen molar-refractivity contribution in [1.29, 1.82) is 0 Å². The van der Waals surface area contributed by atoms with E-state index in [0.29, 0.717) is 0 Å². The maximum atomic E-state index is 8.74. The van der Waals surface area contributed by atoms with Crippen molar-refractivity contribution >= 4 is 10.4 Å². The molecule has 9 heteroatoms. The molecule has 6 N–H and O–H groups in total. The minimum absolute atomic E-state index is 0. The second-order valence-electron chi connectivity index (χ2n) is 0.448. The van der Waals surface area contributed by atoms with Crippen molar-refractivity contribution in [3.8, 4) is 0 Å². The average Bonchev–Trinajstić information content (AvgIpc) is 0.722. The number of hydrogen-bond acceptors (Lipinski definition) is 2. The van der Waals surface area contributed by atoms with Crippen LogP contribution in [0.1, 0.15) is 0 Å². The van der Waals surface area contributed by atoms with Crippen LogP contribution in [0, 0.1) is 0 Å². The van der Waals surface area contributed by atoms with Crippen LogP contribution in [-0.2, 0) is 46.9 Å². The minimum atomic E-state index is -4.67. The monoisotopic (exact) mass is 261 g/mol. The summed E-state index contributed by atoms with van der Waals surface area (Å²) in [5, 5.41) is 0. The van der Waals surface area contributed by atoms with E-state index >= 15 is 0 Å². The van der Waals surface area contributed by atoms with Gasteiger partial charge in [0.1, 0.15) is 0 Å². The zero-order valence-electron chi connectivity index (χ0n) is 4.13. The summed E-state index contributed by atoms with van der Waals surface area (Å²) in [4.78, 5) is 0. The molecule has 1 radical (unpaired) electrons. The van der Waals surface area contributed by atoms with Gasteiger partial charge in [-0.3, -0.25) is 9.11 Å². The van der Waals surface area contributed by atoms with E-state index in [2.05, 4.69) is 0 Å². The first-order valence-electron chi connectivity index (χ1n) is 0.698. The molecule has 0 atom stereocenters. The molecule has 0 saturated carbocycles. The molecule has 0 unspecified atom stereocenters. The second kappa shape index (κ2) is 11.7. The Balaban J connectivity index is -0.0000000133. The third kappa shape index (κ3) is 493. The third-order valence-corrected chi connectivity index (χ3v) is 0. The largest absolute Gasteiger partial charge is 0.412 e. The Bertz CT molecular complexity index is 96.2. The first-order valence-corrected chi connectivity index (χ1v) is 2.10. The van der Waals surface area contributed by atoms with Crippen molar-refractivity contribution in [3.05, 3.63) is 0 Å². The van der Waals surface area contributed by atoms with Gasteiger partial charge in [-0.05, 0) is 0 Å². The fraction of sp³-hybridized carbons (Fsp3) is 0. The Labute approximate surface area is 75.4 Å². The van der Waals surface area contributed by atoms with Gasteiger partial charge in [-0.25, -0.2) is 0 Å². The van der Waals surface area contributed by atoms with Gasteiger partial charge in [-0.15, -0.1) is 0 Å². The van der Waals surface area contributed by atoms with Gasteiger partial charge < -0.3 is 11.0 Å². The maximum Gasteiger partial charge on any atom is 0.394 e. The van der Waals surface area contributed by atoms with Crippen molar-refractivity contribution in [2.45, 2.75) is 0 Å². The van der Waals surface area contributed by atoms with Crippen LogP contribution in [0.3, 0.4) is 0 Å². The fourth-order valence-electron chi connectivity index (χ4n) is 0. The predicted octanol–water partition coefficient (Wildman–Crippen LogP) is -2.31. The predicted molar refractivity (Wildman–Crippen MR) is 21.4 cm³/mol. The summed E-state index contributed by atoms with van der Waals surface area (Å²) >= 11 is 0. The zero-order valence-corrected chi connectivity index (χ0v) is 8.85. The normalized spacial score (nSPS) is 6.44. The standard InChI is InChI=1S/Cu.H2O4S.2H2O.Zn/c;1-5(2,3)4;;;/h;(H2,1,2,3,4);2*1H2;. The SMILES string of the molecule is O.O.O=S(=O)(O)O.[Cu].[Zn]. The van der Waals surface area contributed by atoms with Crippen LogP contribution < -0.4 is 0 Å². The van der Waals surface area contributed by atoms with E-state index in [1.807, 2.05) is 0 Å². The molecule has 61 valence electrons. The van der Waals surface area contributed by atoms with Crippen LogP contribution in [0.5, 0.6) is 0 Å². The molecule has 0 fully saturated rings. The Hall–Kier alpha value is 0.933. The quantitative estimate of drug-likeness (QED) is 0.374. The molecule has 0 amide bonds. The Morgan fingerprint density at radius 1 is 1.00 bits per heavy atom. The van der Waals surface area contributed by atoms with E-state index in [1.54, 1.807) is 0 Å². The molecule has 0 rings (SSSR count). The summed E-state index contributed by atoms with van der Waals surface area (Å²) in [5.74, 6) is 0. The van der Waals surface area contributed by atoms with Crippen molar-refractivity contribution in [2.24, 2.45) is 0 Å². The van der Waals surface area contributed by atoms with Gasteiger partial charge in [0.05, 0.1) is 0 Å². The molecule has 0 aromatic carbocycles. The van der Waals surface area contributed by atoms with Gasteiger partial charge in [0, 0.05) is 36.5 Å². The molecule has 0 spiro atoms. The van der Waals surface area contributed by atoms with Gasteiger partial charge in [-0.1, -0.05) is 0 Å². The van der Waals surface area contributed by atoms with Crippen LogP contribution in [0.25, 0.3) is 0 Å². The topological polar surface area (TPSA) is 138 Å². The van der Waals surface area contributed by atoms with E-state index in [9.17, 15) is 0 Å². The molecule has 0 heterocycles. The summed E-state index contributed by atoms with van der Waals surface area (Å²) in [5.41, 5.74) is 0.